The Morgan fingerprint density at radius 1 is 1.35 bits per heavy atom. The first kappa shape index (κ1) is 14.1. The van der Waals surface area contributed by atoms with E-state index in [1.807, 2.05) is 26.1 Å². The summed E-state index contributed by atoms with van der Waals surface area (Å²) in [5.74, 6) is 1.03. The number of hydrogen-bond acceptors (Lipinski definition) is 3. The minimum atomic E-state index is -0.0223. The number of anilines is 1. The Bertz CT molecular complexity index is 351. The number of hydrogen-bond donors (Lipinski definition) is 2. The van der Waals surface area contributed by atoms with E-state index in [-0.39, 0.29) is 11.8 Å². The van der Waals surface area contributed by atoms with Crippen molar-refractivity contribution in [3.05, 3.63) is 29.8 Å². The average molecular weight is 252 g/mol. The molecule has 0 aliphatic rings. The van der Waals surface area contributed by atoms with Gasteiger partial charge in [0.2, 0.25) is 5.91 Å². The molecule has 4 heteroatoms. The number of benzene rings is 1. The van der Waals surface area contributed by atoms with Gasteiger partial charge in [0.15, 0.2) is 0 Å². The summed E-state index contributed by atoms with van der Waals surface area (Å²) in [4.78, 5) is 11.8. The molecule has 17 heavy (non-hydrogen) atoms. The molecule has 0 fully saturated rings. The number of nitrogens with one attached hydrogen (secondary N) is 2. The Kier molecular flexibility index (Phi) is 6.08. The molecule has 1 rings (SSSR count). The molecule has 1 amide bonds. The van der Waals surface area contributed by atoms with Crippen LogP contribution in [-0.4, -0.2) is 25.8 Å². The summed E-state index contributed by atoms with van der Waals surface area (Å²) in [5.41, 5.74) is 2.14. The molecule has 1 atom stereocenters. The molecule has 2 N–H and O–H groups in total. The lowest BCUT2D eigenvalue weighted by Crippen LogP contribution is -2.28. The molecule has 0 saturated carbocycles. The van der Waals surface area contributed by atoms with Crippen molar-refractivity contribution in [1.29, 1.82) is 0 Å². The maximum Gasteiger partial charge on any atom is 0.228 e. The first-order valence-electron chi connectivity index (χ1n) is 5.70. The Labute approximate surface area is 107 Å². The number of carbonyl (C=O) groups is 1. The molecule has 0 heterocycles. The van der Waals surface area contributed by atoms with E-state index in [1.165, 1.54) is 5.56 Å². The van der Waals surface area contributed by atoms with Crippen LogP contribution < -0.4 is 10.6 Å². The quantitative estimate of drug-likeness (QED) is 0.816. The largest absolute Gasteiger partial charge is 0.326 e. The van der Waals surface area contributed by atoms with Crippen molar-refractivity contribution in [3.8, 4) is 0 Å². The van der Waals surface area contributed by atoms with Crippen LogP contribution in [0.4, 0.5) is 5.69 Å². The SMILES string of the molecule is CNCC(C)C(=O)Nc1ccc(CSC)cc1. The number of carbonyl (C=O) groups excluding carboxylic acids is 1. The van der Waals surface area contributed by atoms with Gasteiger partial charge in [0.1, 0.15) is 0 Å². The van der Waals surface area contributed by atoms with Crippen LogP contribution in [0.3, 0.4) is 0 Å². The molecule has 0 saturated heterocycles. The lowest BCUT2D eigenvalue weighted by atomic mass is 10.1. The Morgan fingerprint density at radius 3 is 2.53 bits per heavy atom. The van der Waals surface area contributed by atoms with E-state index < -0.39 is 0 Å². The van der Waals surface area contributed by atoms with E-state index in [0.29, 0.717) is 6.54 Å². The van der Waals surface area contributed by atoms with Crippen molar-refractivity contribution in [2.24, 2.45) is 5.92 Å². The van der Waals surface area contributed by atoms with E-state index in [4.69, 9.17) is 0 Å². The second kappa shape index (κ2) is 7.35. The Hall–Kier alpha value is -1.00. The number of rotatable bonds is 6. The first-order chi connectivity index (χ1) is 8.17. The van der Waals surface area contributed by atoms with Crippen molar-refractivity contribution in [2.75, 3.05) is 25.2 Å². The second-order valence-corrected chi connectivity index (χ2v) is 4.94. The van der Waals surface area contributed by atoms with Gasteiger partial charge in [0.25, 0.3) is 0 Å². The van der Waals surface area contributed by atoms with Crippen molar-refractivity contribution in [2.45, 2.75) is 12.7 Å². The number of amides is 1. The molecule has 0 aliphatic carbocycles. The lowest BCUT2D eigenvalue weighted by Gasteiger charge is -2.11. The fourth-order valence-corrected chi connectivity index (χ4v) is 2.04. The molecule has 1 aromatic rings. The van der Waals surface area contributed by atoms with Crippen molar-refractivity contribution < 1.29 is 4.79 Å². The molecule has 1 unspecified atom stereocenters. The molecule has 0 bridgehead atoms. The van der Waals surface area contributed by atoms with Gasteiger partial charge in [-0.2, -0.15) is 11.8 Å². The minimum Gasteiger partial charge on any atom is -0.326 e. The van der Waals surface area contributed by atoms with Gasteiger partial charge in [-0.15, -0.1) is 0 Å². The van der Waals surface area contributed by atoms with Crippen LogP contribution in [0.5, 0.6) is 0 Å². The summed E-state index contributed by atoms with van der Waals surface area (Å²) in [7, 11) is 1.85. The highest BCUT2D eigenvalue weighted by Crippen LogP contribution is 2.14. The van der Waals surface area contributed by atoms with Gasteiger partial charge in [0.05, 0.1) is 0 Å². The summed E-state index contributed by atoms with van der Waals surface area (Å²) in [5, 5.41) is 5.91. The van der Waals surface area contributed by atoms with E-state index in [9.17, 15) is 4.79 Å². The third-order valence-corrected chi connectivity index (χ3v) is 3.11. The molecule has 0 aliphatic heterocycles. The zero-order valence-electron chi connectivity index (χ0n) is 10.6. The fourth-order valence-electron chi connectivity index (χ4n) is 1.52. The summed E-state index contributed by atoms with van der Waals surface area (Å²) in [6, 6.07) is 8.01. The molecule has 3 nitrogen and oxygen atoms in total. The fraction of sp³-hybridized carbons (Fsp3) is 0.462. The molecular weight excluding hydrogens is 232 g/mol. The standard InChI is InChI=1S/C13H20N2OS/c1-10(8-14-2)13(16)15-12-6-4-11(5-7-12)9-17-3/h4-7,10,14H,8-9H2,1-3H3,(H,15,16). The molecule has 94 valence electrons. The van der Waals surface area contributed by atoms with Crippen molar-refractivity contribution >= 4 is 23.4 Å². The predicted molar refractivity (Wildman–Crippen MR) is 75.4 cm³/mol. The highest BCUT2D eigenvalue weighted by Gasteiger charge is 2.11. The number of thioether (sulfide) groups is 1. The topological polar surface area (TPSA) is 41.1 Å². The third-order valence-electron chi connectivity index (χ3n) is 2.49. The molecule has 0 radical (unpaired) electrons. The van der Waals surface area contributed by atoms with Crippen LogP contribution in [0, 0.1) is 5.92 Å². The average Bonchev–Trinajstić information content (AvgIpc) is 2.32. The van der Waals surface area contributed by atoms with Gasteiger partial charge in [-0.05, 0) is 31.0 Å². The maximum absolute atomic E-state index is 11.8. The summed E-state index contributed by atoms with van der Waals surface area (Å²) >= 11 is 1.79. The smallest absolute Gasteiger partial charge is 0.228 e. The van der Waals surface area contributed by atoms with Gasteiger partial charge in [-0.25, -0.2) is 0 Å². The lowest BCUT2D eigenvalue weighted by molar-refractivity contribution is -0.119. The maximum atomic E-state index is 11.8. The van der Waals surface area contributed by atoms with Gasteiger partial charge < -0.3 is 10.6 Å². The molecule has 0 aromatic heterocycles. The first-order valence-corrected chi connectivity index (χ1v) is 7.10. The van der Waals surface area contributed by atoms with Gasteiger partial charge in [-0.1, -0.05) is 19.1 Å². The minimum absolute atomic E-state index is 0.0223. The molecule has 0 spiro atoms. The van der Waals surface area contributed by atoms with Gasteiger partial charge in [-0.3, -0.25) is 4.79 Å². The van der Waals surface area contributed by atoms with Crippen LogP contribution in [-0.2, 0) is 10.5 Å². The summed E-state index contributed by atoms with van der Waals surface area (Å²) in [6.45, 7) is 2.60. The summed E-state index contributed by atoms with van der Waals surface area (Å²) < 4.78 is 0. The van der Waals surface area contributed by atoms with Gasteiger partial charge >= 0.3 is 0 Å². The predicted octanol–water partition coefficient (Wildman–Crippen LogP) is 2.34. The van der Waals surface area contributed by atoms with Crippen molar-refractivity contribution in [3.63, 3.8) is 0 Å². The second-order valence-electron chi connectivity index (χ2n) is 4.08. The van der Waals surface area contributed by atoms with Gasteiger partial charge in [0, 0.05) is 23.9 Å². The van der Waals surface area contributed by atoms with E-state index in [2.05, 4.69) is 29.0 Å². The van der Waals surface area contributed by atoms with Crippen LogP contribution >= 0.6 is 11.8 Å². The Balaban J connectivity index is 2.53. The highest BCUT2D eigenvalue weighted by atomic mass is 32.2. The molecule has 1 aromatic carbocycles. The third kappa shape index (κ3) is 4.79. The highest BCUT2D eigenvalue weighted by molar-refractivity contribution is 7.97. The zero-order valence-corrected chi connectivity index (χ0v) is 11.4. The summed E-state index contributed by atoms with van der Waals surface area (Å²) in [6.07, 6.45) is 2.08. The van der Waals surface area contributed by atoms with E-state index in [0.717, 1.165) is 11.4 Å². The normalized spacial score (nSPS) is 12.2. The Morgan fingerprint density at radius 2 is 2.00 bits per heavy atom. The molecular formula is C13H20N2OS. The van der Waals surface area contributed by atoms with E-state index >= 15 is 0 Å². The van der Waals surface area contributed by atoms with Crippen LogP contribution in [0.2, 0.25) is 0 Å². The zero-order chi connectivity index (χ0) is 12.7. The van der Waals surface area contributed by atoms with E-state index in [1.54, 1.807) is 11.8 Å². The van der Waals surface area contributed by atoms with Crippen LogP contribution in [0.15, 0.2) is 24.3 Å². The van der Waals surface area contributed by atoms with Crippen molar-refractivity contribution in [1.82, 2.24) is 5.32 Å². The monoisotopic (exact) mass is 252 g/mol. The van der Waals surface area contributed by atoms with Crippen LogP contribution in [0.1, 0.15) is 12.5 Å². The van der Waals surface area contributed by atoms with Crippen LogP contribution in [0.25, 0.3) is 0 Å².